The summed E-state index contributed by atoms with van der Waals surface area (Å²) in [6, 6.07) is 0.0947. The summed E-state index contributed by atoms with van der Waals surface area (Å²) in [6.45, 7) is 9.92. The lowest BCUT2D eigenvalue weighted by Gasteiger charge is -2.25. The average Bonchev–Trinajstić information content (AvgIpc) is 2.70. The minimum Gasteiger partial charge on any atom is -0.444 e. The largest absolute Gasteiger partial charge is 0.444 e. The van der Waals surface area contributed by atoms with Crippen molar-refractivity contribution in [2.45, 2.75) is 65.5 Å². The number of hydrogen-bond acceptors (Lipinski definition) is 3. The minimum atomic E-state index is -0.482. The Balaban J connectivity index is 2.41. The molecule has 1 aliphatic rings. The Morgan fingerprint density at radius 2 is 1.90 bits per heavy atom. The zero-order chi connectivity index (χ0) is 15.3. The van der Waals surface area contributed by atoms with E-state index < -0.39 is 5.60 Å². The molecule has 2 atom stereocenters. The lowest BCUT2D eigenvalue weighted by molar-refractivity contribution is -0.124. The third-order valence-corrected chi connectivity index (χ3v) is 3.42. The van der Waals surface area contributed by atoms with Crippen molar-refractivity contribution in [3.63, 3.8) is 0 Å². The van der Waals surface area contributed by atoms with E-state index in [2.05, 4.69) is 10.6 Å². The van der Waals surface area contributed by atoms with Crippen LogP contribution < -0.4 is 10.6 Å². The summed E-state index contributed by atoms with van der Waals surface area (Å²) in [5.41, 5.74) is -0.482. The van der Waals surface area contributed by atoms with Crippen molar-refractivity contribution < 1.29 is 14.3 Å². The number of hydrogen-bond donors (Lipinski definition) is 2. The molecule has 20 heavy (non-hydrogen) atoms. The summed E-state index contributed by atoms with van der Waals surface area (Å²) >= 11 is 0. The maximum Gasteiger partial charge on any atom is 0.407 e. The first-order valence-corrected chi connectivity index (χ1v) is 7.46. The van der Waals surface area contributed by atoms with Crippen LogP contribution in [0.2, 0.25) is 0 Å². The molecule has 1 saturated carbocycles. The third-order valence-electron chi connectivity index (χ3n) is 3.42. The van der Waals surface area contributed by atoms with Crippen LogP contribution in [-0.2, 0) is 9.53 Å². The topological polar surface area (TPSA) is 67.4 Å². The first kappa shape index (κ1) is 16.8. The Morgan fingerprint density at radius 1 is 1.25 bits per heavy atom. The molecule has 5 heteroatoms. The number of amides is 2. The van der Waals surface area contributed by atoms with Gasteiger partial charge in [0.25, 0.3) is 0 Å². The molecule has 5 nitrogen and oxygen atoms in total. The molecule has 116 valence electrons. The molecule has 1 aliphatic carbocycles. The molecule has 0 aromatic rings. The maximum atomic E-state index is 11.8. The summed E-state index contributed by atoms with van der Waals surface area (Å²) in [7, 11) is 0. The quantitative estimate of drug-likeness (QED) is 0.833. The van der Waals surface area contributed by atoms with Crippen LogP contribution in [0.15, 0.2) is 0 Å². The van der Waals surface area contributed by atoms with Crippen molar-refractivity contribution in [3.05, 3.63) is 0 Å². The zero-order valence-corrected chi connectivity index (χ0v) is 13.3. The molecule has 0 saturated heterocycles. The van der Waals surface area contributed by atoms with E-state index in [1.54, 1.807) is 0 Å². The number of rotatable bonds is 4. The third kappa shape index (κ3) is 5.80. The van der Waals surface area contributed by atoms with E-state index in [0.29, 0.717) is 12.5 Å². The predicted octanol–water partition coefficient (Wildman–Crippen LogP) is 2.45. The summed E-state index contributed by atoms with van der Waals surface area (Å²) in [5.74, 6) is 0.354. The van der Waals surface area contributed by atoms with Gasteiger partial charge in [-0.25, -0.2) is 4.79 Å². The fourth-order valence-corrected chi connectivity index (χ4v) is 2.37. The van der Waals surface area contributed by atoms with Gasteiger partial charge in [0.2, 0.25) is 5.91 Å². The zero-order valence-electron chi connectivity index (χ0n) is 13.3. The second-order valence-electron chi connectivity index (χ2n) is 6.84. The molecule has 2 N–H and O–H groups in total. The molecule has 0 bridgehead atoms. The van der Waals surface area contributed by atoms with Gasteiger partial charge < -0.3 is 15.4 Å². The van der Waals surface area contributed by atoms with Crippen LogP contribution in [0, 0.1) is 11.8 Å². The first-order chi connectivity index (χ1) is 9.19. The van der Waals surface area contributed by atoms with E-state index in [1.807, 2.05) is 34.6 Å². The van der Waals surface area contributed by atoms with Crippen LogP contribution >= 0.6 is 0 Å². The van der Waals surface area contributed by atoms with Gasteiger partial charge in [-0.3, -0.25) is 4.79 Å². The van der Waals surface area contributed by atoms with Crippen LogP contribution in [-0.4, -0.2) is 30.2 Å². The summed E-state index contributed by atoms with van der Waals surface area (Å²) in [6.07, 6.45) is 2.67. The molecule has 0 radical (unpaired) electrons. The maximum absolute atomic E-state index is 11.8. The fraction of sp³-hybridized carbons (Fsp3) is 0.867. The van der Waals surface area contributed by atoms with Gasteiger partial charge in [-0.2, -0.15) is 0 Å². The molecule has 0 aromatic heterocycles. The van der Waals surface area contributed by atoms with Gasteiger partial charge in [-0.05, 0) is 39.5 Å². The van der Waals surface area contributed by atoms with Crippen molar-refractivity contribution in [2.24, 2.45) is 11.8 Å². The SMILES string of the molecule is CC(C)C(=O)NC[C@H]1CCC[C@H]1NC(=O)OC(C)(C)C. The van der Waals surface area contributed by atoms with Gasteiger partial charge in [0.1, 0.15) is 5.60 Å². The van der Waals surface area contributed by atoms with Crippen LogP contribution in [0.5, 0.6) is 0 Å². The number of ether oxygens (including phenoxy) is 1. The normalized spacial score (nSPS) is 22.7. The molecule has 1 fully saturated rings. The van der Waals surface area contributed by atoms with Crippen molar-refractivity contribution in [1.82, 2.24) is 10.6 Å². The van der Waals surface area contributed by atoms with Gasteiger partial charge in [-0.1, -0.05) is 20.3 Å². The van der Waals surface area contributed by atoms with E-state index >= 15 is 0 Å². The van der Waals surface area contributed by atoms with Gasteiger partial charge in [0.15, 0.2) is 0 Å². The molecule has 0 unspecified atom stereocenters. The second-order valence-corrected chi connectivity index (χ2v) is 6.84. The standard InChI is InChI=1S/C15H28N2O3/c1-10(2)13(18)16-9-11-7-6-8-12(11)17-14(19)20-15(3,4)5/h10-12H,6-9H2,1-5H3,(H,16,18)(H,17,19)/t11-,12-/m1/s1. The molecule has 1 rings (SSSR count). The molecule has 0 aliphatic heterocycles. The molecule has 0 heterocycles. The van der Waals surface area contributed by atoms with Gasteiger partial charge in [0, 0.05) is 18.5 Å². The fourth-order valence-electron chi connectivity index (χ4n) is 2.37. The molecular formula is C15H28N2O3. The second kappa shape index (κ2) is 6.95. The summed E-state index contributed by atoms with van der Waals surface area (Å²) in [4.78, 5) is 23.4. The van der Waals surface area contributed by atoms with E-state index in [0.717, 1.165) is 19.3 Å². The Kier molecular flexibility index (Phi) is 5.84. The van der Waals surface area contributed by atoms with Crippen molar-refractivity contribution in [3.8, 4) is 0 Å². The monoisotopic (exact) mass is 284 g/mol. The number of alkyl carbamates (subject to hydrolysis) is 1. The van der Waals surface area contributed by atoms with E-state index in [4.69, 9.17) is 4.74 Å². The van der Waals surface area contributed by atoms with Crippen LogP contribution in [0.1, 0.15) is 53.9 Å². The highest BCUT2D eigenvalue weighted by Crippen LogP contribution is 2.25. The van der Waals surface area contributed by atoms with Crippen LogP contribution in [0.4, 0.5) is 4.79 Å². The highest BCUT2D eigenvalue weighted by molar-refractivity contribution is 5.77. The van der Waals surface area contributed by atoms with E-state index in [-0.39, 0.29) is 24.0 Å². The lowest BCUT2D eigenvalue weighted by atomic mass is 10.0. The Morgan fingerprint density at radius 3 is 2.45 bits per heavy atom. The minimum absolute atomic E-state index is 0.00586. The number of carbonyl (C=O) groups is 2. The predicted molar refractivity (Wildman–Crippen MR) is 78.3 cm³/mol. The summed E-state index contributed by atoms with van der Waals surface area (Å²) < 4.78 is 5.27. The Hall–Kier alpha value is -1.26. The van der Waals surface area contributed by atoms with E-state index in [1.165, 1.54) is 0 Å². The van der Waals surface area contributed by atoms with Crippen LogP contribution in [0.3, 0.4) is 0 Å². The van der Waals surface area contributed by atoms with Gasteiger partial charge >= 0.3 is 6.09 Å². The van der Waals surface area contributed by atoms with Crippen molar-refractivity contribution in [1.29, 1.82) is 0 Å². The Labute approximate surface area is 121 Å². The number of carbonyl (C=O) groups excluding carboxylic acids is 2. The van der Waals surface area contributed by atoms with E-state index in [9.17, 15) is 9.59 Å². The smallest absolute Gasteiger partial charge is 0.407 e. The molecule has 0 aromatic carbocycles. The van der Waals surface area contributed by atoms with Crippen LogP contribution in [0.25, 0.3) is 0 Å². The lowest BCUT2D eigenvalue weighted by Crippen LogP contribution is -2.44. The van der Waals surface area contributed by atoms with Crippen molar-refractivity contribution >= 4 is 12.0 Å². The van der Waals surface area contributed by atoms with Crippen molar-refractivity contribution in [2.75, 3.05) is 6.54 Å². The summed E-state index contributed by atoms with van der Waals surface area (Å²) in [5, 5.41) is 5.87. The van der Waals surface area contributed by atoms with Gasteiger partial charge in [-0.15, -0.1) is 0 Å². The Bertz CT molecular complexity index is 348. The molecular weight excluding hydrogens is 256 g/mol. The molecule has 0 spiro atoms. The van der Waals surface area contributed by atoms with Gasteiger partial charge in [0.05, 0.1) is 0 Å². The highest BCUT2D eigenvalue weighted by Gasteiger charge is 2.30. The first-order valence-electron chi connectivity index (χ1n) is 7.46. The average molecular weight is 284 g/mol. The molecule has 2 amide bonds. The number of nitrogens with one attached hydrogen (secondary N) is 2. The highest BCUT2D eigenvalue weighted by atomic mass is 16.6.